The maximum Gasteiger partial charge on any atom is 2.00 e. The molecular weight excluding hydrogens is 241 g/mol. The molecule has 0 radical (unpaired) electrons. The van der Waals surface area contributed by atoms with Gasteiger partial charge < -0.3 is 10.2 Å². The molecule has 0 spiro atoms. The normalized spacial score (nSPS) is 5.56. The smallest absolute Gasteiger partial charge is 0.851 e. The summed E-state index contributed by atoms with van der Waals surface area (Å²) in [6.07, 6.45) is 2.64. The van der Waals surface area contributed by atoms with Gasteiger partial charge in [-0.15, -0.1) is 38.5 Å². The third-order valence-electron chi connectivity index (χ3n) is 0.236. The molecule has 0 heterocycles. The van der Waals surface area contributed by atoms with Crippen molar-refractivity contribution in [2.24, 2.45) is 0 Å². The van der Waals surface area contributed by atoms with Crippen LogP contribution >= 0.6 is 0 Å². The van der Waals surface area contributed by atoms with Crippen molar-refractivity contribution >= 4 is 48.9 Å². The molecule has 0 aliphatic heterocycles. The molecule has 0 unspecified atom stereocenters. The van der Waals surface area contributed by atoms with Crippen LogP contribution in [-0.4, -0.2) is 62.1 Å². The van der Waals surface area contributed by atoms with Gasteiger partial charge in [-0.1, -0.05) is 0 Å². The summed E-state index contributed by atoms with van der Waals surface area (Å²) in [5, 5.41) is 18.4. The predicted molar refractivity (Wildman–Crippen MR) is 35.9 cm³/mol. The van der Waals surface area contributed by atoms with Gasteiger partial charge in [-0.25, -0.2) is 0 Å². The Morgan fingerprint density at radius 1 is 1.00 bits per heavy atom. The Labute approximate surface area is 96.4 Å². The van der Waals surface area contributed by atoms with E-state index in [0.717, 1.165) is 0 Å². The van der Waals surface area contributed by atoms with Crippen LogP contribution in [0.5, 0.6) is 0 Å². The molecule has 3 heteroatoms. The van der Waals surface area contributed by atoms with Gasteiger partial charge in [-0.05, 0) is 0 Å². The van der Waals surface area contributed by atoms with Gasteiger partial charge in [0.1, 0.15) is 0 Å². The van der Waals surface area contributed by atoms with E-state index in [0.29, 0.717) is 0 Å². The minimum atomic E-state index is -0.167. The van der Waals surface area contributed by atoms with Crippen LogP contribution in [0.4, 0.5) is 0 Å². The summed E-state index contributed by atoms with van der Waals surface area (Å²) < 4.78 is 0. The van der Waals surface area contributed by atoms with E-state index in [1.807, 2.05) is 0 Å². The maximum absolute atomic E-state index is 9.18. The standard InChI is InChI=1S/2C3H5O.Ba/c2*1-2-3-4;/h2*2H,1,3H2;/q2*-1;+2. The topological polar surface area (TPSA) is 46.1 Å². The van der Waals surface area contributed by atoms with Crippen molar-refractivity contribution in [3.63, 3.8) is 0 Å². The molecule has 0 amide bonds. The first-order chi connectivity index (χ1) is 3.83. The van der Waals surface area contributed by atoms with Gasteiger partial charge in [0.2, 0.25) is 0 Å². The summed E-state index contributed by atoms with van der Waals surface area (Å²) in [7, 11) is 0. The van der Waals surface area contributed by atoms with E-state index in [-0.39, 0.29) is 62.1 Å². The molecule has 48 valence electrons. The molecule has 0 atom stereocenters. The van der Waals surface area contributed by atoms with E-state index < -0.39 is 0 Å². The first-order valence-electron chi connectivity index (χ1n) is 2.21. The van der Waals surface area contributed by atoms with E-state index in [1.54, 1.807) is 0 Å². The zero-order valence-corrected chi connectivity index (χ0v) is 9.95. The Bertz CT molecular complexity index is 47.0. The molecular formula is C6H10BaO2. The van der Waals surface area contributed by atoms with Crippen molar-refractivity contribution in [2.75, 3.05) is 13.2 Å². The minimum Gasteiger partial charge on any atom is -0.851 e. The van der Waals surface area contributed by atoms with Crippen LogP contribution in [0.3, 0.4) is 0 Å². The van der Waals surface area contributed by atoms with Crippen LogP contribution in [0.25, 0.3) is 0 Å². The van der Waals surface area contributed by atoms with Gasteiger partial charge in [-0.2, -0.15) is 0 Å². The molecule has 0 aliphatic carbocycles. The monoisotopic (exact) mass is 252 g/mol. The summed E-state index contributed by atoms with van der Waals surface area (Å²) in [4.78, 5) is 0. The largest absolute Gasteiger partial charge is 2.00 e. The van der Waals surface area contributed by atoms with Crippen molar-refractivity contribution in [2.45, 2.75) is 0 Å². The third-order valence-corrected chi connectivity index (χ3v) is 0.236. The van der Waals surface area contributed by atoms with Crippen LogP contribution in [-0.2, 0) is 0 Å². The molecule has 0 rings (SSSR count). The van der Waals surface area contributed by atoms with Gasteiger partial charge >= 0.3 is 48.9 Å². The Morgan fingerprint density at radius 3 is 1.11 bits per heavy atom. The van der Waals surface area contributed by atoms with Crippen LogP contribution < -0.4 is 10.2 Å². The van der Waals surface area contributed by atoms with Crippen molar-refractivity contribution in [3.8, 4) is 0 Å². The molecule has 0 aromatic carbocycles. The van der Waals surface area contributed by atoms with Gasteiger partial charge in [0.15, 0.2) is 0 Å². The predicted octanol–water partition coefficient (Wildman–Crippen LogP) is -1.32. The summed E-state index contributed by atoms with van der Waals surface area (Å²) in [5.74, 6) is 0. The summed E-state index contributed by atoms with van der Waals surface area (Å²) in [6.45, 7) is 6.00. The SMILES string of the molecule is C=CC[O-].C=CC[O-].[Ba+2]. The van der Waals surface area contributed by atoms with Gasteiger partial charge in [0.05, 0.1) is 0 Å². The number of rotatable bonds is 2. The van der Waals surface area contributed by atoms with Crippen molar-refractivity contribution < 1.29 is 10.2 Å². The van der Waals surface area contributed by atoms with E-state index >= 15 is 0 Å². The number of hydrogen-bond acceptors (Lipinski definition) is 2. The fourth-order valence-corrected chi connectivity index (χ4v) is 0. The Kier molecular flexibility index (Phi) is 42.3. The average Bonchev–Trinajstić information content (AvgIpc) is 1.88. The van der Waals surface area contributed by atoms with Crippen LogP contribution in [0.2, 0.25) is 0 Å². The second-order valence-corrected chi connectivity index (χ2v) is 0.911. The average molecular weight is 251 g/mol. The van der Waals surface area contributed by atoms with Crippen LogP contribution in [0.1, 0.15) is 0 Å². The van der Waals surface area contributed by atoms with Crippen LogP contribution in [0.15, 0.2) is 25.3 Å². The third kappa shape index (κ3) is 49.4. The molecule has 0 aromatic heterocycles. The second-order valence-electron chi connectivity index (χ2n) is 0.911. The van der Waals surface area contributed by atoms with E-state index in [2.05, 4.69) is 13.2 Å². The van der Waals surface area contributed by atoms with E-state index in [9.17, 15) is 10.2 Å². The Morgan fingerprint density at radius 2 is 1.11 bits per heavy atom. The fraction of sp³-hybridized carbons (Fsp3) is 0.333. The molecule has 0 aliphatic rings. The Balaban J connectivity index is -0.0000000720. The van der Waals surface area contributed by atoms with Gasteiger partial charge in [0, 0.05) is 0 Å². The molecule has 9 heavy (non-hydrogen) atoms. The van der Waals surface area contributed by atoms with Crippen LogP contribution in [0, 0.1) is 0 Å². The Hall–Kier alpha value is 0.971. The second kappa shape index (κ2) is 23.1. The molecule has 0 saturated heterocycles. The molecule has 0 aromatic rings. The maximum atomic E-state index is 9.18. The van der Waals surface area contributed by atoms with E-state index in [4.69, 9.17) is 0 Å². The van der Waals surface area contributed by atoms with Crippen molar-refractivity contribution in [1.82, 2.24) is 0 Å². The molecule has 0 N–H and O–H groups in total. The zero-order chi connectivity index (χ0) is 6.83. The summed E-state index contributed by atoms with van der Waals surface area (Å²) in [5.41, 5.74) is 0. The summed E-state index contributed by atoms with van der Waals surface area (Å²) in [6, 6.07) is 0. The minimum absolute atomic E-state index is 0. The van der Waals surface area contributed by atoms with E-state index in [1.165, 1.54) is 12.2 Å². The first kappa shape index (κ1) is 16.5. The first-order valence-corrected chi connectivity index (χ1v) is 2.21. The molecule has 0 bridgehead atoms. The quantitative estimate of drug-likeness (QED) is 0.452. The number of hydrogen-bond donors (Lipinski definition) is 0. The summed E-state index contributed by atoms with van der Waals surface area (Å²) >= 11 is 0. The zero-order valence-electron chi connectivity index (χ0n) is 5.51. The fourth-order valence-electron chi connectivity index (χ4n) is 0. The molecule has 2 nitrogen and oxygen atoms in total. The van der Waals surface area contributed by atoms with Crippen molar-refractivity contribution in [1.29, 1.82) is 0 Å². The molecule has 0 fully saturated rings. The van der Waals surface area contributed by atoms with Gasteiger partial charge in [0.25, 0.3) is 0 Å². The van der Waals surface area contributed by atoms with Crippen molar-refractivity contribution in [3.05, 3.63) is 25.3 Å². The van der Waals surface area contributed by atoms with Gasteiger partial charge in [-0.3, -0.25) is 0 Å². The molecule has 0 saturated carbocycles.